The second kappa shape index (κ2) is 5.05. The molecule has 1 atom stereocenters. The molecule has 4 nitrogen and oxygen atoms in total. The highest BCUT2D eigenvalue weighted by Crippen LogP contribution is 2.45. The Labute approximate surface area is 131 Å². The van der Waals surface area contributed by atoms with Crippen LogP contribution in [-0.4, -0.2) is 20.4 Å². The molecule has 0 aromatic heterocycles. The quantitative estimate of drug-likeness (QED) is 0.844. The van der Waals surface area contributed by atoms with Crippen molar-refractivity contribution in [2.45, 2.75) is 31.2 Å². The Morgan fingerprint density at radius 1 is 1.35 bits per heavy atom. The van der Waals surface area contributed by atoms with Crippen molar-refractivity contribution in [1.82, 2.24) is 5.32 Å². The summed E-state index contributed by atoms with van der Waals surface area (Å²) < 4.78 is 22.8. The highest BCUT2D eigenvalue weighted by Gasteiger charge is 2.47. The van der Waals surface area contributed by atoms with E-state index in [9.17, 15) is 13.2 Å². The summed E-state index contributed by atoms with van der Waals surface area (Å²) in [6, 6.07) is 2.49. The van der Waals surface area contributed by atoms with Crippen molar-refractivity contribution in [1.29, 1.82) is 0 Å². The number of carbonyl (C=O) groups is 1. The standard InChI is InChI=1S/C12H12Cl3NO3S/c1-12(2)5-8(12)16-11(17)9-6(13)3-4-7(10(9)14)20(15,18)19/h3-4,8H,5H2,1-2H3,(H,16,17). The third-order valence-corrected chi connectivity index (χ3v) is 5.55. The first-order chi connectivity index (χ1) is 9.04. The lowest BCUT2D eigenvalue weighted by Crippen LogP contribution is -2.29. The molecule has 0 heterocycles. The summed E-state index contributed by atoms with van der Waals surface area (Å²) in [7, 11) is 1.23. The molecule has 0 aliphatic heterocycles. The van der Waals surface area contributed by atoms with Crippen molar-refractivity contribution >= 4 is 48.8 Å². The van der Waals surface area contributed by atoms with Gasteiger partial charge >= 0.3 is 0 Å². The van der Waals surface area contributed by atoms with E-state index in [1.54, 1.807) is 0 Å². The molecule has 8 heteroatoms. The molecule has 1 unspecified atom stereocenters. The highest BCUT2D eigenvalue weighted by atomic mass is 35.7. The number of hydrogen-bond acceptors (Lipinski definition) is 3. The maximum atomic E-state index is 12.2. The van der Waals surface area contributed by atoms with Gasteiger partial charge in [0.25, 0.3) is 15.0 Å². The fourth-order valence-electron chi connectivity index (χ4n) is 1.87. The molecule has 110 valence electrons. The summed E-state index contributed by atoms with van der Waals surface area (Å²) in [5.74, 6) is -0.502. The van der Waals surface area contributed by atoms with Crippen LogP contribution >= 0.6 is 33.9 Å². The summed E-state index contributed by atoms with van der Waals surface area (Å²) in [6.07, 6.45) is 0.849. The minimum Gasteiger partial charge on any atom is -0.349 e. The third-order valence-electron chi connectivity index (χ3n) is 3.36. The Bertz CT molecular complexity index is 685. The number of nitrogens with one attached hydrogen (secondary N) is 1. The Kier molecular flexibility index (Phi) is 4.02. The van der Waals surface area contributed by atoms with Gasteiger partial charge in [0.05, 0.1) is 15.6 Å². The Morgan fingerprint density at radius 3 is 2.35 bits per heavy atom. The van der Waals surface area contributed by atoms with Crippen molar-refractivity contribution in [2.24, 2.45) is 5.41 Å². The Hall–Kier alpha value is -0.490. The summed E-state index contributed by atoms with van der Waals surface area (Å²) in [5.41, 5.74) is -0.0390. The predicted octanol–water partition coefficient (Wildman–Crippen LogP) is 3.45. The van der Waals surface area contributed by atoms with Crippen LogP contribution in [0.25, 0.3) is 0 Å². The molecule has 1 aliphatic carbocycles. The number of benzene rings is 1. The van der Waals surface area contributed by atoms with E-state index in [0.717, 1.165) is 6.42 Å². The number of hydrogen-bond donors (Lipinski definition) is 1. The van der Waals surface area contributed by atoms with Gasteiger partial charge in [0, 0.05) is 16.7 Å². The van der Waals surface area contributed by atoms with Gasteiger partial charge in [-0.1, -0.05) is 37.0 Å². The van der Waals surface area contributed by atoms with Gasteiger partial charge in [-0.25, -0.2) is 8.42 Å². The fourth-order valence-corrected chi connectivity index (χ4v) is 3.77. The molecule has 1 N–H and O–H groups in total. The van der Waals surface area contributed by atoms with Crippen molar-refractivity contribution in [3.63, 3.8) is 0 Å². The van der Waals surface area contributed by atoms with Crippen LogP contribution in [-0.2, 0) is 9.05 Å². The molecule has 20 heavy (non-hydrogen) atoms. The predicted molar refractivity (Wildman–Crippen MR) is 79.2 cm³/mol. The molecular weight excluding hydrogens is 345 g/mol. The lowest BCUT2D eigenvalue weighted by molar-refractivity contribution is 0.0946. The van der Waals surface area contributed by atoms with Crippen LogP contribution in [0.2, 0.25) is 10.0 Å². The number of rotatable bonds is 3. The molecule has 0 bridgehead atoms. The van der Waals surface area contributed by atoms with Crippen LogP contribution in [0.1, 0.15) is 30.6 Å². The van der Waals surface area contributed by atoms with Gasteiger partial charge in [0.2, 0.25) is 0 Å². The zero-order chi connectivity index (χ0) is 15.3. The summed E-state index contributed by atoms with van der Waals surface area (Å²) in [6.45, 7) is 4.03. The van der Waals surface area contributed by atoms with Crippen LogP contribution < -0.4 is 5.32 Å². The maximum Gasteiger partial charge on any atom is 0.262 e. The molecule has 0 spiro atoms. The average Bonchev–Trinajstić information content (AvgIpc) is 2.83. The first-order valence-electron chi connectivity index (χ1n) is 5.77. The van der Waals surface area contributed by atoms with E-state index < -0.39 is 15.0 Å². The molecule has 1 fully saturated rings. The first-order valence-corrected chi connectivity index (χ1v) is 8.84. The monoisotopic (exact) mass is 355 g/mol. The Balaban J connectivity index is 2.39. The van der Waals surface area contributed by atoms with E-state index in [2.05, 4.69) is 5.32 Å². The minimum atomic E-state index is -4.04. The molecular formula is C12H12Cl3NO3S. The van der Waals surface area contributed by atoms with Gasteiger partial charge < -0.3 is 5.32 Å². The number of halogens is 3. The Morgan fingerprint density at radius 2 is 1.90 bits per heavy atom. The van der Waals surface area contributed by atoms with E-state index in [0.29, 0.717) is 0 Å². The SMILES string of the molecule is CC1(C)CC1NC(=O)c1c(Cl)ccc(S(=O)(=O)Cl)c1Cl. The zero-order valence-electron chi connectivity index (χ0n) is 10.7. The van der Waals surface area contributed by atoms with Crippen LogP contribution in [0.4, 0.5) is 0 Å². The zero-order valence-corrected chi connectivity index (χ0v) is 13.8. The van der Waals surface area contributed by atoms with Crippen molar-refractivity contribution in [3.8, 4) is 0 Å². The van der Waals surface area contributed by atoms with Crippen LogP contribution in [0.3, 0.4) is 0 Å². The second-order valence-electron chi connectivity index (χ2n) is 5.39. The molecule has 1 aromatic carbocycles. The lowest BCUT2D eigenvalue weighted by Gasteiger charge is -2.11. The van der Waals surface area contributed by atoms with Gasteiger partial charge in [-0.2, -0.15) is 0 Å². The molecule has 2 rings (SSSR count). The molecule has 0 saturated heterocycles. The normalized spacial score (nSPS) is 20.6. The van der Waals surface area contributed by atoms with Crippen molar-refractivity contribution in [2.75, 3.05) is 0 Å². The number of carbonyl (C=O) groups excluding carboxylic acids is 1. The van der Waals surface area contributed by atoms with E-state index in [-0.39, 0.29) is 32.0 Å². The van der Waals surface area contributed by atoms with Gasteiger partial charge in [-0.05, 0) is 24.0 Å². The van der Waals surface area contributed by atoms with Gasteiger partial charge in [0.15, 0.2) is 0 Å². The smallest absolute Gasteiger partial charge is 0.262 e. The number of amides is 1. The molecule has 1 aliphatic rings. The van der Waals surface area contributed by atoms with Gasteiger partial charge in [-0.15, -0.1) is 0 Å². The molecule has 0 radical (unpaired) electrons. The molecule has 1 amide bonds. The average molecular weight is 357 g/mol. The van der Waals surface area contributed by atoms with Crippen molar-refractivity contribution in [3.05, 3.63) is 27.7 Å². The van der Waals surface area contributed by atoms with E-state index in [1.165, 1.54) is 12.1 Å². The summed E-state index contributed by atoms with van der Waals surface area (Å²) in [4.78, 5) is 11.9. The fraction of sp³-hybridized carbons (Fsp3) is 0.417. The lowest BCUT2D eigenvalue weighted by atomic mass is 10.1. The summed E-state index contributed by atoms with van der Waals surface area (Å²) in [5, 5.41) is 2.59. The van der Waals surface area contributed by atoms with E-state index in [4.69, 9.17) is 33.9 Å². The molecule has 1 aromatic rings. The van der Waals surface area contributed by atoms with Crippen LogP contribution in [0.5, 0.6) is 0 Å². The summed E-state index contributed by atoms with van der Waals surface area (Å²) >= 11 is 11.9. The molecule has 1 saturated carbocycles. The maximum absolute atomic E-state index is 12.2. The van der Waals surface area contributed by atoms with Gasteiger partial charge in [0.1, 0.15) is 4.90 Å². The van der Waals surface area contributed by atoms with E-state index in [1.807, 2.05) is 13.8 Å². The van der Waals surface area contributed by atoms with Crippen LogP contribution in [0.15, 0.2) is 17.0 Å². The first kappa shape index (κ1) is 15.9. The largest absolute Gasteiger partial charge is 0.349 e. The van der Waals surface area contributed by atoms with Crippen LogP contribution in [0, 0.1) is 5.41 Å². The van der Waals surface area contributed by atoms with Crippen molar-refractivity contribution < 1.29 is 13.2 Å². The topological polar surface area (TPSA) is 63.2 Å². The second-order valence-corrected chi connectivity index (χ2v) is 8.71. The third kappa shape index (κ3) is 3.06. The highest BCUT2D eigenvalue weighted by molar-refractivity contribution is 8.13. The van der Waals surface area contributed by atoms with E-state index >= 15 is 0 Å². The minimum absolute atomic E-state index is 0.0263. The van der Waals surface area contributed by atoms with Gasteiger partial charge in [-0.3, -0.25) is 4.79 Å².